The van der Waals surface area contributed by atoms with Gasteiger partial charge in [0.05, 0.1) is 24.8 Å². The number of nitrogens with two attached hydrogens (primary N) is 1. The molecule has 0 saturated carbocycles. The summed E-state index contributed by atoms with van der Waals surface area (Å²) in [5, 5.41) is 3.38. The van der Waals surface area contributed by atoms with Crippen molar-refractivity contribution in [2.24, 2.45) is 0 Å². The van der Waals surface area contributed by atoms with Crippen LogP contribution in [0.1, 0.15) is 23.7 Å². The molecule has 5 nitrogen and oxygen atoms in total. The number of methoxy groups -OCH3 is 1. The summed E-state index contributed by atoms with van der Waals surface area (Å²) in [7, 11) is 1.34. The van der Waals surface area contributed by atoms with Gasteiger partial charge in [-0.25, -0.2) is 4.79 Å². The van der Waals surface area contributed by atoms with Crippen LogP contribution in [0, 0.1) is 0 Å². The Hall–Kier alpha value is -1.75. The lowest BCUT2D eigenvalue weighted by molar-refractivity contribution is 0.0602. The van der Waals surface area contributed by atoms with Crippen LogP contribution >= 0.6 is 0 Å². The van der Waals surface area contributed by atoms with Gasteiger partial charge in [0.15, 0.2) is 0 Å². The van der Waals surface area contributed by atoms with Crippen LogP contribution in [-0.2, 0) is 9.47 Å². The van der Waals surface area contributed by atoms with Gasteiger partial charge in [-0.3, -0.25) is 0 Å². The van der Waals surface area contributed by atoms with Crippen molar-refractivity contribution in [3.8, 4) is 0 Å². The molecule has 1 unspecified atom stereocenters. The smallest absolute Gasteiger partial charge is 0.340 e. The molecule has 3 N–H and O–H groups in total. The van der Waals surface area contributed by atoms with E-state index in [0.29, 0.717) is 17.9 Å². The van der Waals surface area contributed by atoms with Gasteiger partial charge in [0.25, 0.3) is 0 Å². The third-order valence-corrected chi connectivity index (χ3v) is 3.12. The van der Waals surface area contributed by atoms with Crippen molar-refractivity contribution in [3.05, 3.63) is 23.8 Å². The molecule has 98 valence electrons. The molecule has 18 heavy (non-hydrogen) atoms. The Balaban J connectivity index is 2.21. The minimum Gasteiger partial charge on any atom is -0.465 e. The minimum atomic E-state index is -0.427. The molecular weight excluding hydrogens is 232 g/mol. The molecule has 1 aliphatic rings. The molecule has 0 spiro atoms. The number of nitrogen functional groups attached to an aromatic ring is 1. The van der Waals surface area contributed by atoms with Crippen molar-refractivity contribution < 1.29 is 14.3 Å². The van der Waals surface area contributed by atoms with E-state index in [1.165, 1.54) is 7.11 Å². The van der Waals surface area contributed by atoms with Crippen LogP contribution in [0.2, 0.25) is 0 Å². The maximum atomic E-state index is 11.5. The topological polar surface area (TPSA) is 73.6 Å². The maximum absolute atomic E-state index is 11.5. The highest BCUT2D eigenvalue weighted by atomic mass is 16.5. The van der Waals surface area contributed by atoms with Crippen molar-refractivity contribution in [1.29, 1.82) is 0 Å². The second-order valence-corrected chi connectivity index (χ2v) is 4.78. The van der Waals surface area contributed by atoms with E-state index < -0.39 is 5.97 Å². The fourth-order valence-corrected chi connectivity index (χ4v) is 2.03. The highest BCUT2D eigenvalue weighted by Gasteiger charge is 2.29. The lowest BCUT2D eigenvalue weighted by Gasteiger charge is -2.25. The zero-order valence-corrected chi connectivity index (χ0v) is 10.7. The monoisotopic (exact) mass is 250 g/mol. The molecule has 1 aliphatic heterocycles. The number of rotatable bonds is 3. The summed E-state index contributed by atoms with van der Waals surface area (Å²) in [6, 6.07) is 5.27. The molecule has 1 heterocycles. The van der Waals surface area contributed by atoms with Crippen LogP contribution in [0.3, 0.4) is 0 Å². The van der Waals surface area contributed by atoms with Gasteiger partial charge in [0, 0.05) is 18.0 Å². The standard InChI is InChI=1S/C13H18N2O3/c1-13(5-6-18-8-13)15-9-3-4-11(14)10(7-9)12(16)17-2/h3-4,7,15H,5-6,8,14H2,1-2H3. The van der Waals surface area contributed by atoms with E-state index in [-0.39, 0.29) is 5.54 Å². The van der Waals surface area contributed by atoms with E-state index >= 15 is 0 Å². The van der Waals surface area contributed by atoms with Crippen LogP contribution in [0.4, 0.5) is 11.4 Å². The predicted octanol–water partition coefficient (Wildman–Crippen LogP) is 1.65. The number of carbonyl (C=O) groups is 1. The van der Waals surface area contributed by atoms with E-state index in [4.69, 9.17) is 15.2 Å². The van der Waals surface area contributed by atoms with Crippen molar-refractivity contribution in [2.45, 2.75) is 18.9 Å². The largest absolute Gasteiger partial charge is 0.465 e. The first-order valence-corrected chi connectivity index (χ1v) is 5.88. The average Bonchev–Trinajstić information content (AvgIpc) is 2.77. The van der Waals surface area contributed by atoms with Gasteiger partial charge in [0.2, 0.25) is 0 Å². The summed E-state index contributed by atoms with van der Waals surface area (Å²) in [6.07, 6.45) is 0.935. The summed E-state index contributed by atoms with van der Waals surface area (Å²) < 4.78 is 10.1. The molecule has 2 rings (SSSR count). The molecular formula is C13H18N2O3. The van der Waals surface area contributed by atoms with Crippen molar-refractivity contribution in [3.63, 3.8) is 0 Å². The van der Waals surface area contributed by atoms with Gasteiger partial charge in [-0.15, -0.1) is 0 Å². The molecule has 1 aromatic rings. The minimum absolute atomic E-state index is 0.0937. The Bertz CT molecular complexity index is 454. The fourth-order valence-electron chi connectivity index (χ4n) is 2.03. The summed E-state index contributed by atoms with van der Waals surface area (Å²) in [5.41, 5.74) is 7.30. The lowest BCUT2D eigenvalue weighted by atomic mass is 10.0. The predicted molar refractivity (Wildman–Crippen MR) is 69.7 cm³/mol. The van der Waals surface area contributed by atoms with Gasteiger partial charge < -0.3 is 20.5 Å². The van der Waals surface area contributed by atoms with Crippen LogP contribution in [0.25, 0.3) is 0 Å². The van der Waals surface area contributed by atoms with Crippen LogP contribution < -0.4 is 11.1 Å². The molecule has 0 radical (unpaired) electrons. The molecule has 0 amide bonds. The first kappa shape index (κ1) is 12.7. The Morgan fingerprint density at radius 1 is 1.56 bits per heavy atom. The van der Waals surface area contributed by atoms with E-state index in [2.05, 4.69) is 12.2 Å². The van der Waals surface area contributed by atoms with Gasteiger partial charge in [0.1, 0.15) is 0 Å². The molecule has 1 aromatic carbocycles. The summed E-state index contributed by atoms with van der Waals surface area (Å²) in [6.45, 7) is 3.50. The second kappa shape index (κ2) is 4.86. The molecule has 1 fully saturated rings. The molecule has 0 aromatic heterocycles. The molecule has 1 atom stereocenters. The van der Waals surface area contributed by atoms with E-state index in [1.807, 2.05) is 6.07 Å². The number of esters is 1. The highest BCUT2D eigenvalue weighted by molar-refractivity contribution is 5.96. The summed E-state index contributed by atoms with van der Waals surface area (Å²) >= 11 is 0. The zero-order chi connectivity index (χ0) is 13.2. The zero-order valence-electron chi connectivity index (χ0n) is 10.7. The quantitative estimate of drug-likeness (QED) is 0.630. The van der Waals surface area contributed by atoms with Crippen LogP contribution in [-0.4, -0.2) is 31.8 Å². The SMILES string of the molecule is COC(=O)c1cc(NC2(C)CCOC2)ccc1N. The van der Waals surface area contributed by atoms with Crippen molar-refractivity contribution >= 4 is 17.3 Å². The Morgan fingerprint density at radius 3 is 2.94 bits per heavy atom. The van der Waals surface area contributed by atoms with Gasteiger partial charge in [-0.05, 0) is 31.5 Å². The Labute approximate surface area is 106 Å². The number of carbonyl (C=O) groups excluding carboxylic acids is 1. The van der Waals surface area contributed by atoms with E-state index in [9.17, 15) is 4.79 Å². The molecule has 0 bridgehead atoms. The van der Waals surface area contributed by atoms with Crippen LogP contribution in [0.15, 0.2) is 18.2 Å². The average molecular weight is 250 g/mol. The number of benzene rings is 1. The Kier molecular flexibility index (Phi) is 3.43. The third kappa shape index (κ3) is 2.56. The number of anilines is 2. The van der Waals surface area contributed by atoms with E-state index in [1.54, 1.807) is 12.1 Å². The summed E-state index contributed by atoms with van der Waals surface area (Å²) in [4.78, 5) is 11.5. The molecule has 1 saturated heterocycles. The fraction of sp³-hybridized carbons (Fsp3) is 0.462. The van der Waals surface area contributed by atoms with Gasteiger partial charge >= 0.3 is 5.97 Å². The second-order valence-electron chi connectivity index (χ2n) is 4.78. The van der Waals surface area contributed by atoms with Crippen molar-refractivity contribution in [2.75, 3.05) is 31.4 Å². The molecule has 5 heteroatoms. The highest BCUT2D eigenvalue weighted by Crippen LogP contribution is 2.26. The van der Waals surface area contributed by atoms with Gasteiger partial charge in [-0.2, -0.15) is 0 Å². The first-order valence-electron chi connectivity index (χ1n) is 5.88. The number of ether oxygens (including phenoxy) is 2. The third-order valence-electron chi connectivity index (χ3n) is 3.12. The van der Waals surface area contributed by atoms with E-state index in [0.717, 1.165) is 18.7 Å². The van der Waals surface area contributed by atoms with Crippen LogP contribution in [0.5, 0.6) is 0 Å². The first-order chi connectivity index (χ1) is 8.54. The number of hydrogen-bond donors (Lipinski definition) is 2. The number of hydrogen-bond acceptors (Lipinski definition) is 5. The normalized spacial score (nSPS) is 22.8. The van der Waals surface area contributed by atoms with Crippen molar-refractivity contribution in [1.82, 2.24) is 0 Å². The number of nitrogens with one attached hydrogen (secondary N) is 1. The molecule has 0 aliphatic carbocycles. The summed E-state index contributed by atoms with van der Waals surface area (Å²) in [5.74, 6) is -0.427. The Morgan fingerprint density at radius 2 is 2.33 bits per heavy atom. The maximum Gasteiger partial charge on any atom is 0.340 e. The lowest BCUT2D eigenvalue weighted by Crippen LogP contribution is -2.35. The van der Waals surface area contributed by atoms with Gasteiger partial charge in [-0.1, -0.05) is 0 Å².